The van der Waals surface area contributed by atoms with E-state index >= 15 is 0 Å². The van der Waals surface area contributed by atoms with Gasteiger partial charge in [0.1, 0.15) is 0 Å². The monoisotopic (exact) mass is 169 g/mol. The van der Waals surface area contributed by atoms with E-state index in [-0.39, 0.29) is 0 Å². The molecule has 0 N–H and O–H groups in total. The lowest BCUT2D eigenvalue weighted by atomic mass is 10.1. The molecule has 0 aromatic carbocycles. The summed E-state index contributed by atoms with van der Waals surface area (Å²) in [5, 5.41) is 0. The Morgan fingerprint density at radius 3 is 2.17 bits per heavy atom. The first-order valence-electron chi connectivity index (χ1n) is 5.16. The van der Waals surface area contributed by atoms with E-state index in [1.165, 1.54) is 19.3 Å². The summed E-state index contributed by atoms with van der Waals surface area (Å²) in [4.78, 5) is 2.46. The van der Waals surface area contributed by atoms with Crippen molar-refractivity contribution in [2.45, 2.75) is 46.1 Å². The van der Waals surface area contributed by atoms with Gasteiger partial charge in [-0.15, -0.1) is 6.58 Å². The molecule has 0 aliphatic rings. The number of nitrogens with zero attached hydrogens (tertiary/aromatic N) is 1. The highest BCUT2D eigenvalue weighted by atomic mass is 15.1. The van der Waals surface area contributed by atoms with E-state index in [1.54, 1.807) is 0 Å². The van der Waals surface area contributed by atoms with Crippen molar-refractivity contribution in [3.8, 4) is 0 Å². The molecule has 0 rings (SSSR count). The third kappa shape index (κ3) is 3.91. The van der Waals surface area contributed by atoms with E-state index in [9.17, 15) is 0 Å². The average Bonchev–Trinajstić information content (AvgIpc) is 2.12. The minimum Gasteiger partial charge on any atom is -0.297 e. The minimum absolute atomic E-state index is 0.597. The Kier molecular flexibility index (Phi) is 7.17. The second-order valence-electron chi connectivity index (χ2n) is 3.17. The molecule has 0 spiro atoms. The highest BCUT2D eigenvalue weighted by Gasteiger charge is 2.09. The number of rotatable bonds is 7. The van der Waals surface area contributed by atoms with Crippen molar-refractivity contribution in [3.63, 3.8) is 0 Å². The van der Waals surface area contributed by atoms with Crippen molar-refractivity contribution in [2.24, 2.45) is 0 Å². The number of hydrogen-bond acceptors (Lipinski definition) is 1. The van der Waals surface area contributed by atoms with Crippen LogP contribution >= 0.6 is 0 Å². The highest BCUT2D eigenvalue weighted by molar-refractivity contribution is 4.86. The van der Waals surface area contributed by atoms with Gasteiger partial charge in [0.05, 0.1) is 0 Å². The predicted molar refractivity (Wildman–Crippen MR) is 56.4 cm³/mol. The van der Waals surface area contributed by atoms with Crippen LogP contribution in [0.25, 0.3) is 0 Å². The lowest BCUT2D eigenvalue weighted by Crippen LogP contribution is -2.33. The molecule has 12 heavy (non-hydrogen) atoms. The first-order valence-corrected chi connectivity index (χ1v) is 5.16. The third-order valence-corrected chi connectivity index (χ3v) is 2.41. The van der Waals surface area contributed by atoms with E-state index in [0.717, 1.165) is 13.1 Å². The molecule has 0 fully saturated rings. The zero-order valence-corrected chi connectivity index (χ0v) is 8.84. The maximum absolute atomic E-state index is 3.89. The standard InChI is InChI=1S/C11H23N/c1-5-9-10-11(6-2)12(7-3)8-4/h6,11H,2,5,7-10H2,1,3-4H3. The van der Waals surface area contributed by atoms with Gasteiger partial charge in [-0.2, -0.15) is 0 Å². The summed E-state index contributed by atoms with van der Waals surface area (Å²) in [7, 11) is 0. The van der Waals surface area contributed by atoms with Crippen LogP contribution in [-0.2, 0) is 0 Å². The van der Waals surface area contributed by atoms with Gasteiger partial charge in [-0.3, -0.25) is 4.90 Å². The molecule has 1 atom stereocenters. The second kappa shape index (κ2) is 7.35. The van der Waals surface area contributed by atoms with Crippen LogP contribution in [0.1, 0.15) is 40.0 Å². The fourth-order valence-corrected chi connectivity index (χ4v) is 1.56. The van der Waals surface area contributed by atoms with Gasteiger partial charge >= 0.3 is 0 Å². The minimum atomic E-state index is 0.597. The quantitative estimate of drug-likeness (QED) is 0.529. The third-order valence-electron chi connectivity index (χ3n) is 2.41. The van der Waals surface area contributed by atoms with Gasteiger partial charge in [0, 0.05) is 6.04 Å². The molecule has 1 unspecified atom stereocenters. The molecule has 0 bridgehead atoms. The first kappa shape index (κ1) is 11.7. The lowest BCUT2D eigenvalue weighted by Gasteiger charge is -2.26. The van der Waals surface area contributed by atoms with Crippen molar-refractivity contribution >= 4 is 0 Å². The summed E-state index contributed by atoms with van der Waals surface area (Å²) in [6.45, 7) is 12.8. The molecule has 0 heterocycles. The van der Waals surface area contributed by atoms with E-state index < -0.39 is 0 Å². The maximum Gasteiger partial charge on any atom is 0.0275 e. The Morgan fingerprint density at radius 2 is 1.83 bits per heavy atom. The fraction of sp³-hybridized carbons (Fsp3) is 0.818. The molecule has 0 aromatic heterocycles. The van der Waals surface area contributed by atoms with Gasteiger partial charge in [-0.1, -0.05) is 39.7 Å². The molecule has 0 aliphatic heterocycles. The van der Waals surface area contributed by atoms with Crippen molar-refractivity contribution in [2.75, 3.05) is 13.1 Å². The van der Waals surface area contributed by atoms with Gasteiger partial charge in [0.15, 0.2) is 0 Å². The van der Waals surface area contributed by atoms with Crippen LogP contribution in [0.2, 0.25) is 0 Å². The molecular weight excluding hydrogens is 146 g/mol. The summed E-state index contributed by atoms with van der Waals surface area (Å²) in [6, 6.07) is 0.597. The number of likely N-dealkylation sites (N-methyl/N-ethyl adjacent to an activating group) is 1. The Morgan fingerprint density at radius 1 is 1.25 bits per heavy atom. The highest BCUT2D eigenvalue weighted by Crippen LogP contribution is 2.09. The van der Waals surface area contributed by atoms with Crippen molar-refractivity contribution < 1.29 is 0 Å². The van der Waals surface area contributed by atoms with E-state index in [4.69, 9.17) is 0 Å². The van der Waals surface area contributed by atoms with Crippen LogP contribution in [0.15, 0.2) is 12.7 Å². The Balaban J connectivity index is 3.84. The summed E-state index contributed by atoms with van der Waals surface area (Å²) < 4.78 is 0. The molecule has 0 aliphatic carbocycles. The molecule has 0 aromatic rings. The topological polar surface area (TPSA) is 3.24 Å². The lowest BCUT2D eigenvalue weighted by molar-refractivity contribution is 0.240. The fourth-order valence-electron chi connectivity index (χ4n) is 1.56. The average molecular weight is 169 g/mol. The normalized spacial score (nSPS) is 13.3. The van der Waals surface area contributed by atoms with E-state index in [1.807, 2.05) is 0 Å². The first-order chi connectivity index (χ1) is 5.79. The van der Waals surface area contributed by atoms with Crippen molar-refractivity contribution in [1.29, 1.82) is 0 Å². The van der Waals surface area contributed by atoms with Gasteiger partial charge in [0.2, 0.25) is 0 Å². The van der Waals surface area contributed by atoms with Crippen LogP contribution < -0.4 is 0 Å². The van der Waals surface area contributed by atoms with Crippen molar-refractivity contribution in [1.82, 2.24) is 4.90 Å². The number of unbranched alkanes of at least 4 members (excludes halogenated alkanes) is 1. The van der Waals surface area contributed by atoms with E-state index in [2.05, 4.69) is 38.3 Å². The summed E-state index contributed by atoms with van der Waals surface area (Å²) in [6.07, 6.45) is 5.95. The smallest absolute Gasteiger partial charge is 0.0275 e. The predicted octanol–water partition coefficient (Wildman–Crippen LogP) is 3.07. The molecular formula is C11H23N. The van der Waals surface area contributed by atoms with Gasteiger partial charge in [-0.05, 0) is 19.5 Å². The molecule has 1 nitrogen and oxygen atoms in total. The zero-order valence-electron chi connectivity index (χ0n) is 8.84. The van der Waals surface area contributed by atoms with Crippen LogP contribution in [-0.4, -0.2) is 24.0 Å². The largest absolute Gasteiger partial charge is 0.297 e. The van der Waals surface area contributed by atoms with Crippen LogP contribution in [0.4, 0.5) is 0 Å². The SMILES string of the molecule is C=CC(CCCC)N(CC)CC. The zero-order chi connectivity index (χ0) is 9.40. The number of hydrogen-bond donors (Lipinski definition) is 0. The Labute approximate surface area is 77.5 Å². The summed E-state index contributed by atoms with van der Waals surface area (Å²) in [5.74, 6) is 0. The summed E-state index contributed by atoms with van der Waals surface area (Å²) >= 11 is 0. The van der Waals surface area contributed by atoms with E-state index in [0.29, 0.717) is 6.04 Å². The summed E-state index contributed by atoms with van der Waals surface area (Å²) in [5.41, 5.74) is 0. The van der Waals surface area contributed by atoms with Crippen molar-refractivity contribution in [3.05, 3.63) is 12.7 Å². The van der Waals surface area contributed by atoms with Gasteiger partial charge in [-0.25, -0.2) is 0 Å². The molecule has 0 saturated heterocycles. The van der Waals surface area contributed by atoms with Crippen LogP contribution in [0, 0.1) is 0 Å². The van der Waals surface area contributed by atoms with Gasteiger partial charge in [0.25, 0.3) is 0 Å². The second-order valence-corrected chi connectivity index (χ2v) is 3.17. The Bertz CT molecular complexity index is 106. The molecule has 1 heteroatoms. The molecule has 0 radical (unpaired) electrons. The van der Waals surface area contributed by atoms with Gasteiger partial charge < -0.3 is 0 Å². The maximum atomic E-state index is 3.89. The molecule has 0 amide bonds. The van der Waals surface area contributed by atoms with Crippen LogP contribution in [0.3, 0.4) is 0 Å². The molecule has 72 valence electrons. The molecule has 0 saturated carbocycles. The van der Waals surface area contributed by atoms with Crippen LogP contribution in [0.5, 0.6) is 0 Å². The Hall–Kier alpha value is -0.300.